The van der Waals surface area contributed by atoms with Gasteiger partial charge < -0.3 is 10.2 Å². The van der Waals surface area contributed by atoms with E-state index in [4.69, 9.17) is 0 Å². The fourth-order valence-electron chi connectivity index (χ4n) is 6.37. The van der Waals surface area contributed by atoms with Crippen LogP contribution in [0.3, 0.4) is 0 Å². The van der Waals surface area contributed by atoms with E-state index in [0.717, 1.165) is 32.1 Å². The molecule has 0 amide bonds. The number of aliphatic hydroxyl groups excluding tert-OH is 2. The van der Waals surface area contributed by atoms with E-state index in [1.807, 2.05) is 6.08 Å². The molecule has 2 heteroatoms. The maximum absolute atomic E-state index is 10.1. The second-order valence-corrected chi connectivity index (χ2v) is 14.0. The van der Waals surface area contributed by atoms with E-state index in [0.29, 0.717) is 5.92 Å². The van der Waals surface area contributed by atoms with E-state index in [9.17, 15) is 10.2 Å². The second-order valence-electron chi connectivity index (χ2n) is 14.0. The van der Waals surface area contributed by atoms with Gasteiger partial charge in [0.2, 0.25) is 0 Å². The van der Waals surface area contributed by atoms with E-state index in [2.05, 4.69) is 142 Å². The molecule has 0 bridgehead atoms. The third kappa shape index (κ3) is 11.9. The van der Waals surface area contributed by atoms with Crippen LogP contribution in [0.1, 0.15) is 101 Å². The normalized spacial score (nSPS) is 26.4. The van der Waals surface area contributed by atoms with Crippen LogP contribution in [-0.2, 0) is 0 Å². The van der Waals surface area contributed by atoms with Crippen molar-refractivity contribution in [1.82, 2.24) is 0 Å². The first-order chi connectivity index (χ1) is 19.6. The number of rotatable bonds is 11. The lowest BCUT2D eigenvalue weighted by molar-refractivity contribution is 0.116. The molecule has 0 saturated heterocycles. The molecule has 0 saturated carbocycles. The lowest BCUT2D eigenvalue weighted by atomic mass is 9.67. The summed E-state index contributed by atoms with van der Waals surface area (Å²) < 4.78 is 0. The van der Waals surface area contributed by atoms with Crippen LogP contribution in [0.5, 0.6) is 0 Å². The molecule has 3 atom stereocenters. The van der Waals surface area contributed by atoms with Crippen molar-refractivity contribution in [1.29, 1.82) is 0 Å². The predicted octanol–water partition coefficient (Wildman–Crippen LogP) is 10.6. The van der Waals surface area contributed by atoms with E-state index in [1.165, 1.54) is 39.0 Å². The predicted molar refractivity (Wildman–Crippen MR) is 184 cm³/mol. The van der Waals surface area contributed by atoms with Gasteiger partial charge in [-0.3, -0.25) is 0 Å². The highest BCUT2D eigenvalue weighted by atomic mass is 16.3. The zero-order valence-corrected chi connectivity index (χ0v) is 28.2. The fraction of sp³-hybridized carbons (Fsp3) is 0.500. The van der Waals surface area contributed by atoms with Crippen LogP contribution in [0.4, 0.5) is 0 Å². The van der Waals surface area contributed by atoms with Crippen molar-refractivity contribution in [2.75, 3.05) is 0 Å². The minimum atomic E-state index is -0.320. The third-order valence-electron chi connectivity index (χ3n) is 8.64. The van der Waals surface area contributed by atoms with E-state index < -0.39 is 0 Å². The maximum atomic E-state index is 10.1. The molecule has 230 valence electrons. The van der Waals surface area contributed by atoms with Gasteiger partial charge in [0.15, 0.2) is 0 Å². The Bertz CT molecular complexity index is 1230. The molecule has 0 aromatic rings. The summed E-state index contributed by atoms with van der Waals surface area (Å²) in [5.74, 6) is 0.372. The average Bonchev–Trinajstić information content (AvgIpc) is 2.84. The highest BCUT2D eigenvalue weighted by Gasteiger charge is 2.34. The van der Waals surface area contributed by atoms with Crippen LogP contribution in [0.25, 0.3) is 0 Å². The molecular formula is C40H58O2. The molecule has 2 nitrogen and oxygen atoms in total. The SMILES string of the molecule is CC1=C[C@H](O)CC(C)(C)[C@H]1/C=C/C(C)=C/CC/C(C)=C/C=C/C=C(C)/C=C/C=C(C)/C=C/C1=C(C)C[C@H](O)CC1(C)C. The van der Waals surface area contributed by atoms with Crippen molar-refractivity contribution in [2.45, 2.75) is 114 Å². The monoisotopic (exact) mass is 570 g/mol. The number of allylic oxidation sites excluding steroid dienone is 18. The van der Waals surface area contributed by atoms with Crippen LogP contribution in [-0.4, -0.2) is 22.4 Å². The molecule has 0 radical (unpaired) electrons. The van der Waals surface area contributed by atoms with Gasteiger partial charge in [0, 0.05) is 5.92 Å². The standard InChI is InChI=1S/C40H58O2/c1-29(17-13-19-31(3)21-23-37-33(5)25-35(41)27-39(37,7)8)15-11-12-16-30(2)18-14-20-32(4)22-24-38-34(6)26-36(42)28-40(38,9)10/h11-13,15-17,19-24,26,35-36,38,41-42H,14,18,25,27-28H2,1-10H3/b12-11+,17-13+,23-21+,24-22+,29-15+,30-16+,31-19+,32-20+/t35-,36-,38-/m0/s1. The lowest BCUT2D eigenvalue weighted by Crippen LogP contribution is -2.32. The molecule has 2 aliphatic rings. The first-order valence-corrected chi connectivity index (χ1v) is 15.7. The molecule has 0 heterocycles. The molecular weight excluding hydrogens is 512 g/mol. The van der Waals surface area contributed by atoms with E-state index in [1.54, 1.807) is 0 Å². The first kappa shape index (κ1) is 35.5. The fourth-order valence-corrected chi connectivity index (χ4v) is 6.37. The van der Waals surface area contributed by atoms with Gasteiger partial charge in [-0.25, -0.2) is 0 Å². The Hall–Kier alpha value is -2.68. The van der Waals surface area contributed by atoms with Gasteiger partial charge >= 0.3 is 0 Å². The molecule has 0 unspecified atom stereocenters. The lowest BCUT2D eigenvalue weighted by Gasteiger charge is -2.38. The van der Waals surface area contributed by atoms with Gasteiger partial charge in [0.25, 0.3) is 0 Å². The van der Waals surface area contributed by atoms with Crippen LogP contribution in [0, 0.1) is 16.7 Å². The van der Waals surface area contributed by atoms with Crippen molar-refractivity contribution < 1.29 is 10.2 Å². The Labute approximate surface area is 258 Å². The average molecular weight is 571 g/mol. The van der Waals surface area contributed by atoms with Crippen molar-refractivity contribution in [3.8, 4) is 0 Å². The summed E-state index contributed by atoms with van der Waals surface area (Å²) >= 11 is 0. The summed E-state index contributed by atoms with van der Waals surface area (Å²) in [6, 6.07) is 0. The molecule has 2 aliphatic carbocycles. The third-order valence-corrected chi connectivity index (χ3v) is 8.64. The van der Waals surface area contributed by atoms with Crippen LogP contribution < -0.4 is 0 Å². The second kappa shape index (κ2) is 16.2. The van der Waals surface area contributed by atoms with Gasteiger partial charge in [-0.15, -0.1) is 0 Å². The van der Waals surface area contributed by atoms with Crippen molar-refractivity contribution in [3.05, 3.63) is 118 Å². The number of aliphatic hydroxyl groups is 2. The summed E-state index contributed by atoms with van der Waals surface area (Å²) in [6.45, 7) is 21.8. The number of hydrogen-bond donors (Lipinski definition) is 2. The molecule has 2 rings (SSSR count). The molecule has 0 aliphatic heterocycles. The minimum Gasteiger partial charge on any atom is -0.393 e. The van der Waals surface area contributed by atoms with Gasteiger partial charge in [-0.2, -0.15) is 0 Å². The maximum Gasteiger partial charge on any atom is 0.0729 e. The van der Waals surface area contributed by atoms with Crippen molar-refractivity contribution in [3.63, 3.8) is 0 Å². The van der Waals surface area contributed by atoms with Crippen LogP contribution in [0.15, 0.2) is 118 Å². The molecule has 0 aromatic heterocycles. The number of hydrogen-bond acceptors (Lipinski definition) is 2. The smallest absolute Gasteiger partial charge is 0.0729 e. The Kier molecular flexibility index (Phi) is 13.7. The van der Waals surface area contributed by atoms with Gasteiger partial charge in [0.1, 0.15) is 0 Å². The van der Waals surface area contributed by atoms with E-state index in [-0.39, 0.29) is 23.0 Å². The van der Waals surface area contributed by atoms with Gasteiger partial charge in [-0.05, 0) is 90.0 Å². The highest BCUT2D eigenvalue weighted by molar-refractivity contribution is 5.38. The Morgan fingerprint density at radius 3 is 2.14 bits per heavy atom. The van der Waals surface area contributed by atoms with E-state index >= 15 is 0 Å². The Morgan fingerprint density at radius 2 is 1.48 bits per heavy atom. The highest BCUT2D eigenvalue weighted by Crippen LogP contribution is 2.42. The Balaban J connectivity index is 1.84. The summed E-state index contributed by atoms with van der Waals surface area (Å²) in [5.41, 5.74) is 9.07. The van der Waals surface area contributed by atoms with Gasteiger partial charge in [-0.1, -0.05) is 140 Å². The molecule has 0 fully saturated rings. The quantitative estimate of drug-likeness (QED) is 0.192. The summed E-state index contributed by atoms with van der Waals surface area (Å²) in [4.78, 5) is 0. The summed E-state index contributed by atoms with van der Waals surface area (Å²) in [5, 5.41) is 20.2. The van der Waals surface area contributed by atoms with Crippen LogP contribution in [0.2, 0.25) is 0 Å². The summed E-state index contributed by atoms with van der Waals surface area (Å²) in [7, 11) is 0. The van der Waals surface area contributed by atoms with Crippen molar-refractivity contribution >= 4 is 0 Å². The Morgan fingerprint density at radius 1 is 0.833 bits per heavy atom. The van der Waals surface area contributed by atoms with Crippen LogP contribution >= 0.6 is 0 Å². The minimum absolute atomic E-state index is 0.00945. The molecule has 2 N–H and O–H groups in total. The van der Waals surface area contributed by atoms with Gasteiger partial charge in [0.05, 0.1) is 12.2 Å². The largest absolute Gasteiger partial charge is 0.393 e. The zero-order chi connectivity index (χ0) is 31.5. The zero-order valence-electron chi connectivity index (χ0n) is 28.2. The molecule has 42 heavy (non-hydrogen) atoms. The molecule has 0 spiro atoms. The first-order valence-electron chi connectivity index (χ1n) is 15.7. The van der Waals surface area contributed by atoms with Crippen molar-refractivity contribution in [2.24, 2.45) is 16.7 Å². The summed E-state index contributed by atoms with van der Waals surface area (Å²) in [6.07, 6.45) is 32.2. The molecule has 0 aromatic carbocycles. The topological polar surface area (TPSA) is 40.5 Å².